The van der Waals surface area contributed by atoms with Crippen LogP contribution in [0.4, 0.5) is 0 Å². The Labute approximate surface area is 109 Å². The molecule has 0 saturated carbocycles. The maximum Gasteiger partial charge on any atom is 0.0882 e. The van der Waals surface area contributed by atoms with Crippen LogP contribution in [0.3, 0.4) is 0 Å². The second-order valence-electron chi connectivity index (χ2n) is 6.42. The molecule has 1 heterocycles. The smallest absolute Gasteiger partial charge is 0.0882 e. The van der Waals surface area contributed by atoms with Crippen molar-refractivity contribution < 1.29 is 5.11 Å². The molecule has 0 radical (unpaired) electrons. The van der Waals surface area contributed by atoms with Gasteiger partial charge in [-0.25, -0.2) is 0 Å². The molecule has 0 fully saturated rings. The molecule has 96 valence electrons. The highest BCUT2D eigenvalue weighted by atomic mass is 32.1. The quantitative estimate of drug-likeness (QED) is 0.840. The van der Waals surface area contributed by atoms with Crippen molar-refractivity contribution in [1.82, 2.24) is 0 Å². The summed E-state index contributed by atoms with van der Waals surface area (Å²) in [4.78, 5) is 2.72. The summed E-state index contributed by atoms with van der Waals surface area (Å²) in [6.45, 7) is 6.71. The second kappa shape index (κ2) is 5.11. The Bertz CT molecular complexity index is 349. The van der Waals surface area contributed by atoms with Crippen molar-refractivity contribution in [2.45, 2.75) is 65.4 Å². The SMILES string of the molecule is CC(C)(C)CCC(O)c1cc2c(s1)CCCC2. The zero-order valence-corrected chi connectivity index (χ0v) is 12.1. The van der Waals surface area contributed by atoms with E-state index in [0.29, 0.717) is 5.41 Å². The van der Waals surface area contributed by atoms with Gasteiger partial charge in [0.1, 0.15) is 0 Å². The fraction of sp³-hybridized carbons (Fsp3) is 0.733. The molecule has 17 heavy (non-hydrogen) atoms. The van der Waals surface area contributed by atoms with E-state index in [1.54, 1.807) is 0 Å². The average Bonchev–Trinajstić information content (AvgIpc) is 2.68. The Hall–Kier alpha value is -0.340. The fourth-order valence-corrected chi connectivity index (χ4v) is 3.67. The van der Waals surface area contributed by atoms with Gasteiger partial charge >= 0.3 is 0 Å². The van der Waals surface area contributed by atoms with E-state index in [2.05, 4.69) is 26.8 Å². The van der Waals surface area contributed by atoms with Crippen LogP contribution in [-0.4, -0.2) is 5.11 Å². The highest BCUT2D eigenvalue weighted by Crippen LogP contribution is 2.35. The first-order valence-corrected chi connectivity index (χ1v) is 7.57. The topological polar surface area (TPSA) is 20.2 Å². The van der Waals surface area contributed by atoms with Crippen LogP contribution in [0.5, 0.6) is 0 Å². The third kappa shape index (κ3) is 3.56. The highest BCUT2D eigenvalue weighted by Gasteiger charge is 2.19. The Morgan fingerprint density at radius 1 is 1.29 bits per heavy atom. The number of aryl methyl sites for hydroxylation is 2. The first-order chi connectivity index (χ1) is 7.96. The van der Waals surface area contributed by atoms with Crippen molar-refractivity contribution in [3.05, 3.63) is 21.4 Å². The van der Waals surface area contributed by atoms with E-state index in [1.807, 2.05) is 11.3 Å². The van der Waals surface area contributed by atoms with E-state index in [0.717, 1.165) is 12.8 Å². The van der Waals surface area contributed by atoms with Crippen molar-refractivity contribution in [2.75, 3.05) is 0 Å². The van der Waals surface area contributed by atoms with Gasteiger partial charge < -0.3 is 5.11 Å². The van der Waals surface area contributed by atoms with Crippen molar-refractivity contribution in [1.29, 1.82) is 0 Å². The van der Waals surface area contributed by atoms with Crippen LogP contribution >= 0.6 is 11.3 Å². The third-order valence-electron chi connectivity index (χ3n) is 3.51. The lowest BCUT2D eigenvalue weighted by atomic mass is 9.89. The molecule has 1 aromatic rings. The van der Waals surface area contributed by atoms with Crippen LogP contribution < -0.4 is 0 Å². The zero-order chi connectivity index (χ0) is 12.5. The van der Waals surface area contributed by atoms with Gasteiger partial charge in [-0.3, -0.25) is 0 Å². The van der Waals surface area contributed by atoms with Gasteiger partial charge in [-0.2, -0.15) is 0 Å². The summed E-state index contributed by atoms with van der Waals surface area (Å²) in [5.41, 5.74) is 1.82. The lowest BCUT2D eigenvalue weighted by Crippen LogP contribution is -2.07. The normalized spacial score (nSPS) is 17.9. The summed E-state index contributed by atoms with van der Waals surface area (Å²) in [5, 5.41) is 10.2. The second-order valence-corrected chi connectivity index (χ2v) is 7.59. The van der Waals surface area contributed by atoms with E-state index < -0.39 is 0 Å². The number of fused-ring (bicyclic) bond motifs is 1. The van der Waals surface area contributed by atoms with E-state index in [1.165, 1.54) is 41.0 Å². The molecule has 1 aliphatic rings. The number of thiophene rings is 1. The Kier molecular flexibility index (Phi) is 3.94. The van der Waals surface area contributed by atoms with Crippen LogP contribution in [0.15, 0.2) is 6.07 Å². The molecule has 1 aromatic heterocycles. The molecule has 0 amide bonds. The number of rotatable bonds is 3. The van der Waals surface area contributed by atoms with Crippen LogP contribution in [0.1, 0.15) is 67.9 Å². The number of hydrogen-bond donors (Lipinski definition) is 1. The summed E-state index contributed by atoms with van der Waals surface area (Å²) in [6, 6.07) is 2.26. The van der Waals surface area contributed by atoms with Gasteiger partial charge in [0.2, 0.25) is 0 Å². The molecule has 0 aromatic carbocycles. The van der Waals surface area contributed by atoms with Gasteiger partial charge in [0.25, 0.3) is 0 Å². The van der Waals surface area contributed by atoms with Crippen LogP contribution in [0.2, 0.25) is 0 Å². The van der Waals surface area contributed by atoms with Gasteiger partial charge in [0.05, 0.1) is 6.10 Å². The van der Waals surface area contributed by atoms with Gasteiger partial charge in [0.15, 0.2) is 0 Å². The molecule has 1 nitrogen and oxygen atoms in total. The monoisotopic (exact) mass is 252 g/mol. The van der Waals surface area contributed by atoms with E-state index >= 15 is 0 Å². The summed E-state index contributed by atoms with van der Waals surface area (Å²) in [7, 11) is 0. The van der Waals surface area contributed by atoms with Gasteiger partial charge in [-0.05, 0) is 55.6 Å². The first-order valence-electron chi connectivity index (χ1n) is 6.75. The minimum atomic E-state index is -0.246. The minimum Gasteiger partial charge on any atom is -0.388 e. The van der Waals surface area contributed by atoms with Crippen molar-refractivity contribution in [2.24, 2.45) is 5.41 Å². The lowest BCUT2D eigenvalue weighted by Gasteiger charge is -2.19. The summed E-state index contributed by atoms with van der Waals surface area (Å²) < 4.78 is 0. The molecule has 1 unspecified atom stereocenters. The molecule has 0 aliphatic heterocycles. The summed E-state index contributed by atoms with van der Waals surface area (Å²) >= 11 is 1.84. The van der Waals surface area contributed by atoms with Gasteiger partial charge in [-0.1, -0.05) is 20.8 Å². The predicted octanol–water partition coefficient (Wildman–Crippen LogP) is 4.49. The molecule has 0 saturated heterocycles. The number of aliphatic hydroxyl groups excluding tert-OH is 1. The Morgan fingerprint density at radius 3 is 2.65 bits per heavy atom. The molecule has 1 N–H and O–H groups in total. The number of aliphatic hydroxyl groups is 1. The van der Waals surface area contributed by atoms with Crippen LogP contribution in [-0.2, 0) is 12.8 Å². The number of hydrogen-bond acceptors (Lipinski definition) is 2. The largest absolute Gasteiger partial charge is 0.388 e. The third-order valence-corrected chi connectivity index (χ3v) is 4.85. The maximum atomic E-state index is 10.2. The van der Waals surface area contributed by atoms with E-state index in [4.69, 9.17) is 0 Å². The minimum absolute atomic E-state index is 0.246. The first kappa shape index (κ1) is 13.1. The van der Waals surface area contributed by atoms with Gasteiger partial charge in [-0.15, -0.1) is 11.3 Å². The summed E-state index contributed by atoms with van der Waals surface area (Å²) in [5.74, 6) is 0. The molecule has 0 bridgehead atoms. The predicted molar refractivity (Wildman–Crippen MR) is 74.6 cm³/mol. The van der Waals surface area contributed by atoms with E-state index in [9.17, 15) is 5.11 Å². The highest BCUT2D eigenvalue weighted by molar-refractivity contribution is 7.12. The van der Waals surface area contributed by atoms with Crippen molar-refractivity contribution in [3.8, 4) is 0 Å². The average molecular weight is 252 g/mol. The van der Waals surface area contributed by atoms with E-state index in [-0.39, 0.29) is 6.10 Å². The fourth-order valence-electron chi connectivity index (χ4n) is 2.39. The van der Waals surface area contributed by atoms with Crippen molar-refractivity contribution in [3.63, 3.8) is 0 Å². The summed E-state index contributed by atoms with van der Waals surface area (Å²) in [6.07, 6.45) is 6.82. The van der Waals surface area contributed by atoms with Crippen molar-refractivity contribution >= 4 is 11.3 Å². The molecular weight excluding hydrogens is 228 g/mol. The molecule has 0 spiro atoms. The molecule has 2 rings (SSSR count). The molecule has 1 aliphatic carbocycles. The van der Waals surface area contributed by atoms with Crippen LogP contribution in [0.25, 0.3) is 0 Å². The molecular formula is C15H24OS. The molecule has 1 atom stereocenters. The Morgan fingerprint density at radius 2 is 2.00 bits per heavy atom. The maximum absolute atomic E-state index is 10.2. The standard InChI is InChI=1S/C15H24OS/c1-15(2,3)9-8-12(16)14-10-11-6-4-5-7-13(11)17-14/h10,12,16H,4-9H2,1-3H3. The molecule has 2 heteroatoms. The van der Waals surface area contributed by atoms with Crippen LogP contribution in [0, 0.1) is 5.41 Å². The Balaban J connectivity index is 1.99. The zero-order valence-electron chi connectivity index (χ0n) is 11.3. The van der Waals surface area contributed by atoms with Gasteiger partial charge in [0, 0.05) is 9.75 Å². The lowest BCUT2D eigenvalue weighted by molar-refractivity contribution is 0.151.